The molecule has 0 saturated carbocycles. The maximum atomic E-state index is 8.94. The molecule has 0 aliphatic rings. The summed E-state index contributed by atoms with van der Waals surface area (Å²) in [5.41, 5.74) is -1.33. The number of nitrogens with zero attached hydrogens (tertiary/aromatic N) is 5. The number of hydrogen-bond acceptors (Lipinski definition) is 5. The van der Waals surface area contributed by atoms with Gasteiger partial charge < -0.3 is 0 Å². The van der Waals surface area contributed by atoms with Crippen LogP contribution in [0.15, 0.2) is 0 Å². The topological polar surface area (TPSA) is 119 Å². The van der Waals surface area contributed by atoms with Crippen LogP contribution in [0.25, 0.3) is 0 Å². The van der Waals surface area contributed by atoms with Crippen LogP contribution in [0, 0.1) is 68.0 Å². The molecule has 0 heterocycles. The fraction of sp³-hybridized carbons (Fsp3) is 0.545. The second-order valence-electron chi connectivity index (χ2n) is 3.36. The Kier molecular flexibility index (Phi) is 5.75. The molecule has 0 aromatic carbocycles. The maximum Gasteiger partial charge on any atom is 0.146 e. The van der Waals surface area contributed by atoms with Gasteiger partial charge in [0.25, 0.3) is 0 Å². The lowest BCUT2D eigenvalue weighted by Crippen LogP contribution is -2.20. The lowest BCUT2D eigenvalue weighted by Gasteiger charge is -2.18. The molecule has 0 fully saturated rings. The van der Waals surface area contributed by atoms with E-state index in [1.54, 1.807) is 0 Å². The van der Waals surface area contributed by atoms with Gasteiger partial charge in [-0.25, -0.2) is 0 Å². The third kappa shape index (κ3) is 3.67. The average molecular weight is 211 g/mol. The molecule has 0 amide bonds. The van der Waals surface area contributed by atoms with Crippen molar-refractivity contribution in [1.82, 2.24) is 0 Å². The van der Waals surface area contributed by atoms with E-state index in [0.29, 0.717) is 0 Å². The Morgan fingerprint density at radius 3 is 1.94 bits per heavy atom. The molecule has 1 atom stereocenters. The molecule has 0 rings (SSSR count). The van der Waals surface area contributed by atoms with Crippen LogP contribution >= 0.6 is 0 Å². The smallest absolute Gasteiger partial charge is 0.146 e. The predicted octanol–water partition coefficient (Wildman–Crippen LogP) is 1.77. The van der Waals surface area contributed by atoms with Gasteiger partial charge in [0, 0.05) is 6.42 Å². The number of nitriles is 5. The number of rotatable bonds is 5. The van der Waals surface area contributed by atoms with Gasteiger partial charge in [-0.2, -0.15) is 26.3 Å². The van der Waals surface area contributed by atoms with Gasteiger partial charge >= 0.3 is 0 Å². The molecular weight excluding hydrogens is 202 g/mol. The summed E-state index contributed by atoms with van der Waals surface area (Å²) in [7, 11) is 0. The van der Waals surface area contributed by atoms with E-state index in [9.17, 15) is 0 Å². The lowest BCUT2D eigenvalue weighted by molar-refractivity contribution is 0.390. The molecule has 0 aromatic rings. The summed E-state index contributed by atoms with van der Waals surface area (Å²) in [6.07, 6.45) is 0.214. The molecule has 0 spiro atoms. The van der Waals surface area contributed by atoms with Crippen molar-refractivity contribution in [1.29, 1.82) is 26.3 Å². The zero-order valence-corrected chi connectivity index (χ0v) is 8.64. The fourth-order valence-corrected chi connectivity index (χ4v) is 1.29. The standard InChI is InChI=1S/C11H9N5/c12-4-1-3-11(8-15,9-16)6-10(7-14)2-5-13/h10H,1-3,6H2. The molecule has 0 bridgehead atoms. The molecule has 5 heteroatoms. The van der Waals surface area contributed by atoms with Gasteiger partial charge in [-0.05, 0) is 12.8 Å². The first-order chi connectivity index (χ1) is 7.67. The summed E-state index contributed by atoms with van der Waals surface area (Å²) >= 11 is 0. The van der Waals surface area contributed by atoms with E-state index in [1.165, 1.54) is 0 Å². The number of hydrogen-bond donors (Lipinski definition) is 0. The zero-order chi connectivity index (χ0) is 12.4. The van der Waals surface area contributed by atoms with E-state index >= 15 is 0 Å². The highest BCUT2D eigenvalue weighted by atomic mass is 14.4. The molecular formula is C11H9N5. The fourth-order valence-electron chi connectivity index (χ4n) is 1.29. The second kappa shape index (κ2) is 6.84. The predicted molar refractivity (Wildman–Crippen MR) is 52.5 cm³/mol. The largest absolute Gasteiger partial charge is 0.198 e. The minimum Gasteiger partial charge on any atom is -0.198 e. The van der Waals surface area contributed by atoms with E-state index in [0.717, 1.165) is 0 Å². The SMILES string of the molecule is N#CCCC(C#N)(C#N)CC(C#N)CC#N. The Balaban J connectivity index is 4.78. The highest BCUT2D eigenvalue weighted by Crippen LogP contribution is 2.31. The van der Waals surface area contributed by atoms with Crippen molar-refractivity contribution in [3.05, 3.63) is 0 Å². The van der Waals surface area contributed by atoms with Gasteiger partial charge in [0.2, 0.25) is 0 Å². The highest BCUT2D eigenvalue weighted by molar-refractivity contribution is 5.16. The molecule has 0 radical (unpaired) electrons. The Morgan fingerprint density at radius 2 is 1.56 bits per heavy atom. The highest BCUT2D eigenvalue weighted by Gasteiger charge is 2.33. The monoisotopic (exact) mass is 211 g/mol. The van der Waals surface area contributed by atoms with E-state index in [1.807, 2.05) is 30.3 Å². The minimum atomic E-state index is -1.33. The first kappa shape index (κ1) is 13.4. The van der Waals surface area contributed by atoms with Crippen LogP contribution in [0.2, 0.25) is 0 Å². The first-order valence-corrected chi connectivity index (χ1v) is 4.64. The van der Waals surface area contributed by atoms with E-state index in [4.69, 9.17) is 26.3 Å². The van der Waals surface area contributed by atoms with Crippen LogP contribution < -0.4 is 0 Å². The van der Waals surface area contributed by atoms with Gasteiger partial charge in [-0.15, -0.1) is 0 Å². The van der Waals surface area contributed by atoms with Crippen LogP contribution in [-0.2, 0) is 0 Å². The Hall–Kier alpha value is -2.55. The quantitative estimate of drug-likeness (QED) is 0.686. The lowest BCUT2D eigenvalue weighted by atomic mass is 9.78. The van der Waals surface area contributed by atoms with Gasteiger partial charge in [0.1, 0.15) is 5.41 Å². The van der Waals surface area contributed by atoms with E-state index < -0.39 is 11.3 Å². The third-order valence-electron chi connectivity index (χ3n) is 2.21. The zero-order valence-electron chi connectivity index (χ0n) is 8.64. The Labute approximate surface area is 94.4 Å². The van der Waals surface area contributed by atoms with Crippen LogP contribution in [0.5, 0.6) is 0 Å². The van der Waals surface area contributed by atoms with Crippen molar-refractivity contribution >= 4 is 0 Å². The first-order valence-electron chi connectivity index (χ1n) is 4.64. The van der Waals surface area contributed by atoms with Crippen LogP contribution in [0.1, 0.15) is 25.7 Å². The molecule has 1 unspecified atom stereocenters. The van der Waals surface area contributed by atoms with Gasteiger partial charge in [-0.3, -0.25) is 0 Å². The summed E-state index contributed by atoms with van der Waals surface area (Å²) < 4.78 is 0. The summed E-state index contributed by atoms with van der Waals surface area (Å²) in [4.78, 5) is 0. The normalized spacial score (nSPS) is 10.9. The van der Waals surface area contributed by atoms with Crippen LogP contribution in [0.4, 0.5) is 0 Å². The molecule has 0 aliphatic carbocycles. The molecule has 78 valence electrons. The maximum absolute atomic E-state index is 8.94. The van der Waals surface area contributed by atoms with Crippen molar-refractivity contribution in [3.63, 3.8) is 0 Å². The van der Waals surface area contributed by atoms with Crippen LogP contribution in [0.3, 0.4) is 0 Å². The summed E-state index contributed by atoms with van der Waals surface area (Å²) in [5.74, 6) is -0.636. The second-order valence-corrected chi connectivity index (χ2v) is 3.36. The van der Waals surface area contributed by atoms with Gasteiger partial charge in [0.05, 0.1) is 42.7 Å². The summed E-state index contributed by atoms with van der Waals surface area (Å²) in [6.45, 7) is 0. The van der Waals surface area contributed by atoms with Crippen molar-refractivity contribution < 1.29 is 0 Å². The molecule has 16 heavy (non-hydrogen) atoms. The Bertz CT molecular complexity index is 417. The summed E-state index contributed by atoms with van der Waals surface area (Å²) in [5, 5.41) is 43.5. The Morgan fingerprint density at radius 1 is 0.938 bits per heavy atom. The van der Waals surface area contributed by atoms with Crippen LogP contribution in [-0.4, -0.2) is 0 Å². The van der Waals surface area contributed by atoms with Crippen molar-refractivity contribution in [3.8, 4) is 30.3 Å². The molecule has 0 aromatic heterocycles. The molecule has 0 N–H and O–H groups in total. The average Bonchev–Trinajstić information content (AvgIpc) is 2.33. The third-order valence-corrected chi connectivity index (χ3v) is 2.21. The van der Waals surface area contributed by atoms with Gasteiger partial charge in [0.15, 0.2) is 0 Å². The minimum absolute atomic E-state index is 0.00579. The molecule has 0 saturated heterocycles. The molecule has 5 nitrogen and oxygen atoms in total. The van der Waals surface area contributed by atoms with E-state index in [-0.39, 0.29) is 25.7 Å². The van der Waals surface area contributed by atoms with Gasteiger partial charge in [-0.1, -0.05) is 0 Å². The van der Waals surface area contributed by atoms with E-state index in [2.05, 4.69) is 0 Å². The van der Waals surface area contributed by atoms with Crippen molar-refractivity contribution in [2.75, 3.05) is 0 Å². The summed E-state index contributed by atoms with van der Waals surface area (Å²) in [6, 6.07) is 9.30. The molecule has 0 aliphatic heterocycles. The van der Waals surface area contributed by atoms with Crippen molar-refractivity contribution in [2.45, 2.75) is 25.7 Å². The van der Waals surface area contributed by atoms with Crippen molar-refractivity contribution in [2.24, 2.45) is 11.3 Å².